The minimum absolute atomic E-state index is 0.121. The number of carbonyl (C=O) groups excluding carboxylic acids is 1. The Morgan fingerprint density at radius 2 is 2.00 bits per heavy atom. The van der Waals surface area contributed by atoms with Crippen LogP contribution in [0.4, 0.5) is 10.1 Å². The van der Waals surface area contributed by atoms with Gasteiger partial charge in [0.1, 0.15) is 5.82 Å². The third-order valence-corrected chi connectivity index (χ3v) is 4.24. The highest BCUT2D eigenvalue weighted by Gasteiger charge is 2.32. The van der Waals surface area contributed by atoms with Crippen LogP contribution in [0.2, 0.25) is 0 Å². The Morgan fingerprint density at radius 3 is 2.60 bits per heavy atom. The van der Waals surface area contributed by atoms with E-state index in [0.717, 1.165) is 31.2 Å². The van der Waals surface area contributed by atoms with Crippen molar-refractivity contribution in [2.75, 3.05) is 12.4 Å². The van der Waals surface area contributed by atoms with Gasteiger partial charge in [-0.1, -0.05) is 25.3 Å². The molecule has 0 atom stereocenters. The van der Waals surface area contributed by atoms with Crippen LogP contribution >= 0.6 is 0 Å². The van der Waals surface area contributed by atoms with Gasteiger partial charge in [0, 0.05) is 12.0 Å². The van der Waals surface area contributed by atoms with Crippen LogP contribution in [0.25, 0.3) is 0 Å². The van der Waals surface area contributed by atoms with Crippen LogP contribution in [0.15, 0.2) is 18.2 Å². The Balaban J connectivity index is 2.00. The fourth-order valence-electron chi connectivity index (χ4n) is 2.97. The molecule has 1 aromatic rings. The Labute approximate surface area is 120 Å². The lowest BCUT2D eigenvalue weighted by atomic mass is 9.79. The molecular formula is C16H23FN2O. The Hall–Kier alpha value is -1.42. The topological polar surface area (TPSA) is 41.1 Å². The smallest absolute Gasteiger partial charge is 0.226 e. The predicted molar refractivity (Wildman–Crippen MR) is 79.3 cm³/mol. The van der Waals surface area contributed by atoms with Gasteiger partial charge in [-0.15, -0.1) is 0 Å². The van der Waals surface area contributed by atoms with E-state index in [1.807, 2.05) is 14.0 Å². The SMILES string of the molecule is CNC1(CC(=O)Nc2ccc(C)cc2F)CCCCC1. The second-order valence-corrected chi connectivity index (χ2v) is 5.80. The van der Waals surface area contributed by atoms with Crippen LogP contribution in [-0.2, 0) is 4.79 Å². The maximum absolute atomic E-state index is 13.7. The largest absolute Gasteiger partial charge is 0.324 e. The zero-order valence-corrected chi connectivity index (χ0v) is 12.3. The van der Waals surface area contributed by atoms with E-state index in [4.69, 9.17) is 0 Å². The van der Waals surface area contributed by atoms with Crippen molar-refractivity contribution in [2.24, 2.45) is 0 Å². The second kappa shape index (κ2) is 6.35. The van der Waals surface area contributed by atoms with Gasteiger partial charge in [0.25, 0.3) is 0 Å². The maximum atomic E-state index is 13.7. The summed E-state index contributed by atoms with van der Waals surface area (Å²) >= 11 is 0. The fourth-order valence-corrected chi connectivity index (χ4v) is 2.97. The summed E-state index contributed by atoms with van der Waals surface area (Å²) in [6.07, 6.45) is 5.94. The van der Waals surface area contributed by atoms with Gasteiger partial charge in [0.15, 0.2) is 0 Å². The molecule has 2 N–H and O–H groups in total. The number of halogens is 1. The summed E-state index contributed by atoms with van der Waals surface area (Å²) in [6.45, 7) is 1.83. The minimum Gasteiger partial charge on any atom is -0.324 e. The molecule has 0 spiro atoms. The number of anilines is 1. The summed E-state index contributed by atoms with van der Waals surface area (Å²) in [5.74, 6) is -0.496. The third kappa shape index (κ3) is 3.57. The molecule has 1 amide bonds. The van der Waals surface area contributed by atoms with E-state index in [0.29, 0.717) is 6.42 Å². The Kier molecular flexibility index (Phi) is 4.76. The highest BCUT2D eigenvalue weighted by atomic mass is 19.1. The zero-order valence-electron chi connectivity index (χ0n) is 12.3. The van der Waals surface area contributed by atoms with Gasteiger partial charge < -0.3 is 10.6 Å². The summed E-state index contributed by atoms with van der Waals surface area (Å²) in [5.41, 5.74) is 0.992. The van der Waals surface area contributed by atoms with Crippen LogP contribution in [0.5, 0.6) is 0 Å². The number of nitrogens with one attached hydrogen (secondary N) is 2. The first-order chi connectivity index (χ1) is 9.54. The van der Waals surface area contributed by atoms with Gasteiger partial charge in [0.2, 0.25) is 5.91 Å². The number of aryl methyl sites for hydroxylation is 1. The number of hydrogen-bond acceptors (Lipinski definition) is 2. The van der Waals surface area contributed by atoms with E-state index in [-0.39, 0.29) is 23.0 Å². The highest BCUT2D eigenvalue weighted by Crippen LogP contribution is 2.31. The van der Waals surface area contributed by atoms with Crippen molar-refractivity contribution in [2.45, 2.75) is 51.0 Å². The molecule has 4 heteroatoms. The minimum atomic E-state index is -0.375. The van der Waals surface area contributed by atoms with Crippen LogP contribution < -0.4 is 10.6 Å². The molecule has 20 heavy (non-hydrogen) atoms. The average Bonchev–Trinajstić information content (AvgIpc) is 2.43. The molecule has 1 saturated carbocycles. The van der Waals surface area contributed by atoms with Gasteiger partial charge in [0.05, 0.1) is 5.69 Å². The molecule has 110 valence electrons. The second-order valence-electron chi connectivity index (χ2n) is 5.80. The maximum Gasteiger partial charge on any atom is 0.226 e. The lowest BCUT2D eigenvalue weighted by Gasteiger charge is -2.36. The third-order valence-electron chi connectivity index (χ3n) is 4.24. The lowest BCUT2D eigenvalue weighted by molar-refractivity contribution is -0.118. The molecule has 0 unspecified atom stereocenters. The molecule has 3 nitrogen and oxygen atoms in total. The molecule has 1 aromatic carbocycles. The molecule has 2 rings (SSSR count). The van der Waals surface area contributed by atoms with Crippen molar-refractivity contribution in [1.82, 2.24) is 5.32 Å². The van der Waals surface area contributed by atoms with Gasteiger partial charge >= 0.3 is 0 Å². The first-order valence-corrected chi connectivity index (χ1v) is 7.30. The quantitative estimate of drug-likeness (QED) is 0.886. The van der Waals surface area contributed by atoms with Gasteiger partial charge in [-0.05, 0) is 44.5 Å². The van der Waals surface area contributed by atoms with E-state index in [1.54, 1.807) is 12.1 Å². The van der Waals surface area contributed by atoms with E-state index in [9.17, 15) is 9.18 Å². The van der Waals surface area contributed by atoms with Crippen molar-refractivity contribution in [3.05, 3.63) is 29.6 Å². The van der Waals surface area contributed by atoms with Crippen molar-refractivity contribution >= 4 is 11.6 Å². The molecule has 0 radical (unpaired) electrons. The van der Waals surface area contributed by atoms with Gasteiger partial charge in [-0.2, -0.15) is 0 Å². The van der Waals surface area contributed by atoms with Crippen LogP contribution in [0, 0.1) is 12.7 Å². The molecule has 0 saturated heterocycles. The van der Waals surface area contributed by atoms with E-state index < -0.39 is 0 Å². The predicted octanol–water partition coefficient (Wildman–Crippen LogP) is 3.39. The zero-order chi connectivity index (χ0) is 14.6. The molecule has 0 bridgehead atoms. The van der Waals surface area contributed by atoms with Crippen LogP contribution in [-0.4, -0.2) is 18.5 Å². The summed E-state index contributed by atoms with van der Waals surface area (Å²) < 4.78 is 13.7. The Bertz CT molecular complexity index is 481. The molecule has 1 aliphatic carbocycles. The molecule has 0 heterocycles. The van der Waals surface area contributed by atoms with Crippen LogP contribution in [0.3, 0.4) is 0 Å². The molecule has 1 fully saturated rings. The molecule has 0 aromatic heterocycles. The number of benzene rings is 1. The standard InChI is InChI=1S/C16H23FN2O/c1-12-6-7-14(13(17)10-12)19-15(20)11-16(18-2)8-4-3-5-9-16/h6-7,10,18H,3-5,8-9,11H2,1-2H3,(H,19,20). The van der Waals surface area contributed by atoms with Crippen molar-refractivity contribution < 1.29 is 9.18 Å². The fraction of sp³-hybridized carbons (Fsp3) is 0.562. The molecule has 0 aliphatic heterocycles. The number of hydrogen-bond donors (Lipinski definition) is 2. The number of carbonyl (C=O) groups is 1. The summed E-state index contributed by atoms with van der Waals surface area (Å²) in [6, 6.07) is 4.85. The normalized spacial score (nSPS) is 17.8. The summed E-state index contributed by atoms with van der Waals surface area (Å²) in [5, 5.41) is 5.99. The van der Waals surface area contributed by atoms with E-state index in [1.165, 1.54) is 12.5 Å². The number of amides is 1. The van der Waals surface area contributed by atoms with Crippen molar-refractivity contribution in [3.63, 3.8) is 0 Å². The molecule has 1 aliphatic rings. The van der Waals surface area contributed by atoms with Crippen molar-refractivity contribution in [1.29, 1.82) is 0 Å². The summed E-state index contributed by atoms with van der Waals surface area (Å²) in [7, 11) is 1.91. The first kappa shape index (κ1) is 15.0. The van der Waals surface area contributed by atoms with E-state index in [2.05, 4.69) is 10.6 Å². The summed E-state index contributed by atoms with van der Waals surface area (Å²) in [4.78, 5) is 12.2. The van der Waals surface area contributed by atoms with Crippen molar-refractivity contribution in [3.8, 4) is 0 Å². The molecular weight excluding hydrogens is 255 g/mol. The number of rotatable bonds is 4. The average molecular weight is 278 g/mol. The first-order valence-electron chi connectivity index (χ1n) is 7.30. The van der Waals surface area contributed by atoms with Gasteiger partial charge in [-0.25, -0.2) is 4.39 Å². The van der Waals surface area contributed by atoms with Crippen LogP contribution in [0.1, 0.15) is 44.1 Å². The highest BCUT2D eigenvalue weighted by molar-refractivity contribution is 5.91. The van der Waals surface area contributed by atoms with E-state index >= 15 is 0 Å². The Morgan fingerprint density at radius 1 is 1.30 bits per heavy atom. The lowest BCUT2D eigenvalue weighted by Crippen LogP contribution is -2.47. The van der Waals surface area contributed by atoms with Gasteiger partial charge in [-0.3, -0.25) is 4.79 Å². The monoisotopic (exact) mass is 278 g/mol.